The first-order chi connectivity index (χ1) is 53.7. The van der Waals surface area contributed by atoms with E-state index < -0.39 is 0 Å². The van der Waals surface area contributed by atoms with E-state index >= 15 is 0 Å². The Bertz CT molecular complexity index is 6590. The summed E-state index contributed by atoms with van der Waals surface area (Å²) >= 11 is 0. The van der Waals surface area contributed by atoms with Gasteiger partial charge in [0, 0.05) is 137 Å². The summed E-state index contributed by atoms with van der Waals surface area (Å²) < 4.78 is 9.72. The predicted octanol–water partition coefficient (Wildman–Crippen LogP) is 25.3. The molecule has 0 unspecified atom stereocenters. The van der Waals surface area contributed by atoms with Crippen LogP contribution in [-0.2, 0) is 0 Å². The summed E-state index contributed by atoms with van der Waals surface area (Å²) in [5.74, 6) is 1.46. The van der Waals surface area contributed by atoms with Crippen LogP contribution >= 0.6 is 0 Å². The van der Waals surface area contributed by atoms with Gasteiger partial charge in [-0.3, -0.25) is 24.1 Å². The number of nitrogens with zero attached hydrogens (tertiary/aromatic N) is 10. The summed E-state index contributed by atoms with van der Waals surface area (Å²) in [5, 5.41) is 8.45. The van der Waals surface area contributed by atoms with E-state index in [1.807, 2.05) is 37.2 Å². The van der Waals surface area contributed by atoms with Crippen LogP contribution in [0.3, 0.4) is 0 Å². The van der Waals surface area contributed by atoms with Gasteiger partial charge < -0.3 is 18.9 Å². The summed E-state index contributed by atoms with van der Waals surface area (Å²) in [5.41, 5.74) is 24.4. The Labute approximate surface area is 622 Å². The molecule has 10 nitrogen and oxygen atoms in total. The Morgan fingerprint density at radius 1 is 0.213 bits per heavy atom. The van der Waals surface area contributed by atoms with Crippen LogP contribution in [0.1, 0.15) is 0 Å². The van der Waals surface area contributed by atoms with Crippen LogP contribution in [-0.4, -0.2) is 38.2 Å². The summed E-state index contributed by atoms with van der Waals surface area (Å²) in [6.45, 7) is 0. The third-order valence-electron chi connectivity index (χ3n) is 21.4. The Hall–Kier alpha value is -14.7. The fraction of sp³-hybridized carbons (Fsp3) is 0. The number of hydrogen-bond donors (Lipinski definition) is 0. The zero-order chi connectivity index (χ0) is 71.2. The van der Waals surface area contributed by atoms with Crippen LogP contribution in [0, 0.1) is 0 Å². The quantitative estimate of drug-likeness (QED) is 0.108. The fourth-order valence-corrected chi connectivity index (χ4v) is 16.8. The van der Waals surface area contributed by atoms with Crippen molar-refractivity contribution in [3.63, 3.8) is 0 Å². The van der Waals surface area contributed by atoms with E-state index in [4.69, 9.17) is 19.9 Å². The third kappa shape index (κ3) is 9.96. The first-order valence-electron chi connectivity index (χ1n) is 36.5. The zero-order valence-electron chi connectivity index (χ0n) is 58.4. The van der Waals surface area contributed by atoms with Gasteiger partial charge in [0.05, 0.1) is 49.8 Å². The molecule has 0 atom stereocenters. The SMILES string of the molecule is c1ccc(-c2cccc(-c3ccccc3)c2-c2c(-c3ccc(-n4c5ccc(N(c6ccccc6)c6ccccc6)cc5c5cc(N(c6ccccc6)c6ccccc6)ccc54)cc3)c(-n3c4ccccc4c4cnccc43)nc(-n3c4ccccc4c4cnccc43)c2-n2c3ccccc3c3cnccc32)cc1. The van der Waals surface area contributed by atoms with Gasteiger partial charge in [-0.05, 0) is 161 Å². The van der Waals surface area contributed by atoms with E-state index in [1.54, 1.807) is 0 Å². The molecule has 0 N–H and O–H groups in total. The van der Waals surface area contributed by atoms with Crippen LogP contribution < -0.4 is 9.80 Å². The Morgan fingerprint density at radius 3 is 0.991 bits per heavy atom. The smallest absolute Gasteiger partial charge is 0.165 e. The van der Waals surface area contributed by atoms with Gasteiger partial charge in [-0.15, -0.1) is 0 Å². The molecule has 8 aromatic heterocycles. The lowest BCUT2D eigenvalue weighted by atomic mass is 9.83. The van der Waals surface area contributed by atoms with Gasteiger partial charge in [0.15, 0.2) is 5.82 Å². The largest absolute Gasteiger partial charge is 0.310 e. The van der Waals surface area contributed by atoms with Gasteiger partial charge in [0.1, 0.15) is 5.82 Å². The van der Waals surface area contributed by atoms with E-state index in [9.17, 15) is 0 Å². The number of fused-ring (bicyclic) bond motifs is 12. The highest BCUT2D eigenvalue weighted by atomic mass is 15.2. The maximum absolute atomic E-state index is 6.52. The van der Waals surface area contributed by atoms with Crippen molar-refractivity contribution in [1.29, 1.82) is 0 Å². The standard InChI is InChI=1S/C98H64N10/c1-7-26-65(27-8-1)75-41-25-42-76(66-28-9-2-10-29-66)94(75)95-93(67-46-48-72(49-47-67)105-88-52-50-73(103(68-30-11-3-12-31-68)69-32-13-4-14-33-69)60-80(88)81-61-74(51-53-89(81)105)104(70-34-15-5-16-35-70)71-36-17-6-18-37-71)97(107-86-44-23-20-39-78(86)83-63-100-58-55-91(83)107)102-98(108-87-45-24-21-40-79(87)84-64-101-59-56-92(84)108)96(95)106-85-43-22-19-38-77(85)82-62-99-57-54-90(82)106/h1-64H. The minimum absolute atomic E-state index is 0.722. The van der Waals surface area contributed by atoms with Crippen molar-refractivity contribution in [2.24, 2.45) is 0 Å². The van der Waals surface area contributed by atoms with E-state index in [2.05, 4.69) is 380 Å². The average molecular weight is 1380 g/mol. The second-order valence-electron chi connectivity index (χ2n) is 27.4. The third-order valence-corrected chi connectivity index (χ3v) is 21.4. The second-order valence-corrected chi connectivity index (χ2v) is 27.4. The highest BCUT2D eigenvalue weighted by Crippen LogP contribution is 2.54. The molecular weight excluding hydrogens is 1320 g/mol. The summed E-state index contributed by atoms with van der Waals surface area (Å²) in [6.07, 6.45) is 11.8. The number of aromatic nitrogens is 8. The van der Waals surface area contributed by atoms with Crippen LogP contribution in [0.25, 0.3) is 155 Å². The maximum atomic E-state index is 6.52. The Kier molecular flexibility index (Phi) is 14.7. The van der Waals surface area contributed by atoms with Crippen molar-refractivity contribution in [2.75, 3.05) is 9.80 Å². The second kappa shape index (κ2) is 25.6. The molecule has 0 aliphatic heterocycles. The highest BCUT2D eigenvalue weighted by molar-refractivity contribution is 6.17. The van der Waals surface area contributed by atoms with Gasteiger partial charge in [-0.2, -0.15) is 0 Å². The number of benzene rings is 13. The minimum Gasteiger partial charge on any atom is -0.310 e. The molecule has 21 rings (SSSR count). The molecule has 0 amide bonds. The molecule has 0 radical (unpaired) electrons. The first kappa shape index (κ1) is 61.9. The molecule has 0 spiro atoms. The average Bonchev–Trinajstić information content (AvgIpc) is 1.46. The van der Waals surface area contributed by atoms with Crippen molar-refractivity contribution < 1.29 is 0 Å². The molecule has 8 heterocycles. The van der Waals surface area contributed by atoms with Crippen LogP contribution in [0.4, 0.5) is 34.1 Å². The van der Waals surface area contributed by atoms with Crippen molar-refractivity contribution >= 4 is 121 Å². The monoisotopic (exact) mass is 1380 g/mol. The molecule has 506 valence electrons. The van der Waals surface area contributed by atoms with Gasteiger partial charge in [0.25, 0.3) is 0 Å². The summed E-state index contributed by atoms with van der Waals surface area (Å²) in [6, 6.07) is 127. The molecule has 0 aliphatic rings. The lowest BCUT2D eigenvalue weighted by Crippen LogP contribution is -2.14. The molecule has 13 aromatic carbocycles. The fourth-order valence-electron chi connectivity index (χ4n) is 16.8. The van der Waals surface area contributed by atoms with Crippen molar-refractivity contribution in [2.45, 2.75) is 0 Å². The number of anilines is 6. The van der Waals surface area contributed by atoms with Gasteiger partial charge in [0.2, 0.25) is 0 Å². The number of hydrogen-bond acceptors (Lipinski definition) is 6. The number of pyridine rings is 4. The van der Waals surface area contributed by atoms with Gasteiger partial charge in [-0.25, -0.2) is 4.98 Å². The van der Waals surface area contributed by atoms with Crippen LogP contribution in [0.15, 0.2) is 389 Å². The number of rotatable bonds is 14. The van der Waals surface area contributed by atoms with Crippen LogP contribution in [0.5, 0.6) is 0 Å². The van der Waals surface area contributed by atoms with E-state index in [1.165, 1.54) is 0 Å². The van der Waals surface area contributed by atoms with Crippen molar-refractivity contribution in [3.8, 4) is 67.5 Å². The minimum atomic E-state index is 0.722. The Morgan fingerprint density at radius 2 is 0.565 bits per heavy atom. The summed E-state index contributed by atoms with van der Waals surface area (Å²) in [7, 11) is 0. The van der Waals surface area contributed by atoms with Crippen molar-refractivity contribution in [1.82, 2.24) is 38.2 Å². The normalized spacial score (nSPS) is 11.7. The molecule has 0 saturated carbocycles. The highest BCUT2D eigenvalue weighted by Gasteiger charge is 2.34. The zero-order valence-corrected chi connectivity index (χ0v) is 58.4. The molecule has 0 fully saturated rings. The van der Waals surface area contributed by atoms with E-state index in [0.717, 1.165) is 189 Å². The lowest BCUT2D eigenvalue weighted by molar-refractivity contribution is 0.986. The first-order valence-corrected chi connectivity index (χ1v) is 36.5. The predicted molar refractivity (Wildman–Crippen MR) is 446 cm³/mol. The van der Waals surface area contributed by atoms with Crippen LogP contribution in [0.2, 0.25) is 0 Å². The Balaban J connectivity index is 0.917. The van der Waals surface area contributed by atoms with E-state index in [-0.39, 0.29) is 0 Å². The molecule has 21 aromatic rings. The summed E-state index contributed by atoms with van der Waals surface area (Å²) in [4.78, 5) is 25.8. The molecule has 0 saturated heterocycles. The van der Waals surface area contributed by atoms with E-state index in [0.29, 0.717) is 0 Å². The molecule has 108 heavy (non-hydrogen) atoms. The van der Waals surface area contributed by atoms with Crippen molar-refractivity contribution in [3.05, 3.63) is 389 Å². The number of para-hydroxylation sites is 7. The topological polar surface area (TPSA) is 77.8 Å². The van der Waals surface area contributed by atoms with Gasteiger partial charge in [-0.1, -0.05) is 218 Å². The molecule has 10 heteroatoms. The molecular formula is C98H64N10. The molecule has 0 aliphatic carbocycles. The lowest BCUT2D eigenvalue weighted by Gasteiger charge is -2.28. The van der Waals surface area contributed by atoms with Gasteiger partial charge >= 0.3 is 0 Å². The molecule has 0 bridgehead atoms. The maximum Gasteiger partial charge on any atom is 0.165 e.